The first-order valence-electron chi connectivity index (χ1n) is 4.69. The van der Waals surface area contributed by atoms with Crippen molar-refractivity contribution in [2.45, 2.75) is 4.90 Å². The third kappa shape index (κ3) is 2.14. The molecule has 0 amide bonds. The van der Waals surface area contributed by atoms with Crippen LogP contribution in [0.3, 0.4) is 0 Å². The molecule has 3 N–H and O–H groups in total. The first-order chi connectivity index (χ1) is 7.89. The van der Waals surface area contributed by atoms with Crippen molar-refractivity contribution >= 4 is 15.7 Å². The van der Waals surface area contributed by atoms with Crippen LogP contribution in [-0.4, -0.2) is 24.9 Å². The van der Waals surface area contributed by atoms with Crippen LogP contribution in [0.25, 0.3) is 11.3 Å². The number of aromatic amines is 1. The van der Waals surface area contributed by atoms with Crippen LogP contribution in [0.1, 0.15) is 0 Å². The Morgan fingerprint density at radius 1 is 1.41 bits per heavy atom. The van der Waals surface area contributed by atoms with Gasteiger partial charge in [0.1, 0.15) is 10.7 Å². The summed E-state index contributed by atoms with van der Waals surface area (Å²) in [5, 5.41) is 6.19. The maximum Gasteiger partial charge on any atom is 0.178 e. The molecule has 17 heavy (non-hydrogen) atoms. The molecule has 1 aromatic heterocycles. The normalized spacial score (nSPS) is 11.6. The molecule has 2 rings (SSSR count). The van der Waals surface area contributed by atoms with E-state index in [0.29, 0.717) is 5.69 Å². The van der Waals surface area contributed by atoms with Gasteiger partial charge in [0.15, 0.2) is 15.7 Å². The van der Waals surface area contributed by atoms with Crippen LogP contribution in [0.15, 0.2) is 29.2 Å². The number of nitrogens with zero attached hydrogens (tertiary/aromatic N) is 1. The highest BCUT2D eigenvalue weighted by Gasteiger charge is 2.18. The summed E-state index contributed by atoms with van der Waals surface area (Å²) in [7, 11) is -3.60. The highest BCUT2D eigenvalue weighted by Crippen LogP contribution is 2.26. The summed E-state index contributed by atoms with van der Waals surface area (Å²) in [5.41, 5.74) is 5.87. The maximum absolute atomic E-state index is 14.0. The van der Waals surface area contributed by atoms with Crippen molar-refractivity contribution in [3.8, 4) is 11.3 Å². The van der Waals surface area contributed by atoms with Gasteiger partial charge in [-0.1, -0.05) is 6.07 Å². The van der Waals surface area contributed by atoms with Crippen LogP contribution in [0.4, 0.5) is 10.2 Å². The lowest BCUT2D eigenvalue weighted by Gasteiger charge is -2.04. The fourth-order valence-corrected chi connectivity index (χ4v) is 2.24. The molecule has 7 heteroatoms. The quantitative estimate of drug-likeness (QED) is 0.843. The fourth-order valence-electron chi connectivity index (χ4n) is 1.48. The first kappa shape index (κ1) is 11.6. The summed E-state index contributed by atoms with van der Waals surface area (Å²) in [6.07, 6.45) is 0.955. The molecule has 0 bridgehead atoms. The molecule has 0 aliphatic rings. The van der Waals surface area contributed by atoms with Crippen LogP contribution in [-0.2, 0) is 9.84 Å². The lowest BCUT2D eigenvalue weighted by atomic mass is 10.1. The Balaban J connectivity index is 2.65. The van der Waals surface area contributed by atoms with Crippen molar-refractivity contribution in [2.75, 3.05) is 12.0 Å². The molecule has 0 saturated heterocycles. The van der Waals surface area contributed by atoms with E-state index in [4.69, 9.17) is 5.73 Å². The zero-order valence-corrected chi connectivity index (χ0v) is 9.75. The number of aromatic nitrogens is 2. The molecule has 1 aromatic carbocycles. The highest BCUT2D eigenvalue weighted by molar-refractivity contribution is 7.90. The second kappa shape index (κ2) is 3.85. The Hall–Kier alpha value is -1.89. The third-order valence-corrected chi connectivity index (χ3v) is 3.36. The number of benzene rings is 1. The van der Waals surface area contributed by atoms with E-state index >= 15 is 0 Å². The number of hydrogen-bond donors (Lipinski definition) is 2. The second-order valence-corrected chi connectivity index (χ2v) is 5.58. The van der Waals surface area contributed by atoms with Gasteiger partial charge in [0.05, 0.1) is 5.69 Å². The number of rotatable bonds is 2. The largest absolute Gasteiger partial charge is 0.382 e. The number of nitrogens with one attached hydrogen (secondary N) is 1. The van der Waals surface area contributed by atoms with Crippen molar-refractivity contribution in [1.29, 1.82) is 0 Å². The molecule has 0 spiro atoms. The monoisotopic (exact) mass is 255 g/mol. The highest BCUT2D eigenvalue weighted by atomic mass is 32.2. The average molecular weight is 255 g/mol. The van der Waals surface area contributed by atoms with Gasteiger partial charge >= 0.3 is 0 Å². The number of halogens is 1. The van der Waals surface area contributed by atoms with Crippen LogP contribution >= 0.6 is 0 Å². The second-order valence-electron chi connectivity index (χ2n) is 3.60. The zero-order valence-electron chi connectivity index (χ0n) is 8.94. The zero-order chi connectivity index (χ0) is 12.6. The molecule has 0 aliphatic carbocycles. The lowest BCUT2D eigenvalue weighted by molar-refractivity contribution is 0.572. The van der Waals surface area contributed by atoms with Gasteiger partial charge in [0.2, 0.25) is 0 Å². The van der Waals surface area contributed by atoms with E-state index in [0.717, 1.165) is 6.26 Å². The van der Waals surface area contributed by atoms with E-state index in [2.05, 4.69) is 10.2 Å². The summed E-state index contributed by atoms with van der Waals surface area (Å²) in [6.45, 7) is 0. The summed E-state index contributed by atoms with van der Waals surface area (Å²) in [5.74, 6) is -0.595. The van der Waals surface area contributed by atoms with Gasteiger partial charge in [-0.3, -0.25) is 5.10 Å². The minimum absolute atomic E-state index is 0.122. The standard InChI is InChI=1S/C10H10FN3O2S/c1-17(15,16)8-4-2-3-6(10(8)11)7-5-9(12)14-13-7/h2-5H,1H3,(H3,12,13,14). The number of sulfone groups is 1. The van der Waals surface area contributed by atoms with Gasteiger partial charge in [-0.25, -0.2) is 12.8 Å². The first-order valence-corrected chi connectivity index (χ1v) is 6.58. The Bertz CT molecular complexity index is 664. The van der Waals surface area contributed by atoms with E-state index < -0.39 is 15.7 Å². The topological polar surface area (TPSA) is 88.8 Å². The third-order valence-electron chi connectivity index (χ3n) is 2.25. The fraction of sp³-hybridized carbons (Fsp3) is 0.100. The smallest absolute Gasteiger partial charge is 0.178 e. The molecule has 0 saturated carbocycles. The Morgan fingerprint density at radius 2 is 2.12 bits per heavy atom. The molecule has 2 aromatic rings. The van der Waals surface area contributed by atoms with Crippen LogP contribution in [0.5, 0.6) is 0 Å². The van der Waals surface area contributed by atoms with E-state index in [9.17, 15) is 12.8 Å². The van der Waals surface area contributed by atoms with Crippen LogP contribution < -0.4 is 5.73 Å². The summed E-state index contributed by atoms with van der Waals surface area (Å²) in [4.78, 5) is -0.344. The van der Waals surface area contributed by atoms with Crippen LogP contribution in [0.2, 0.25) is 0 Å². The lowest BCUT2D eigenvalue weighted by Crippen LogP contribution is -2.02. The number of hydrogen-bond acceptors (Lipinski definition) is 4. The van der Waals surface area contributed by atoms with E-state index in [1.54, 1.807) is 0 Å². The van der Waals surface area contributed by atoms with Crippen molar-refractivity contribution in [3.63, 3.8) is 0 Å². The van der Waals surface area contributed by atoms with Gasteiger partial charge in [-0.05, 0) is 12.1 Å². The number of anilines is 1. The molecule has 0 fully saturated rings. The Kier molecular flexibility index (Phi) is 2.62. The molecule has 0 aliphatic heterocycles. The molecule has 5 nitrogen and oxygen atoms in total. The molecule has 0 atom stereocenters. The number of nitrogen functional groups attached to an aromatic ring is 1. The Labute approximate surface area is 97.4 Å². The van der Waals surface area contributed by atoms with E-state index in [1.807, 2.05) is 0 Å². The van der Waals surface area contributed by atoms with Gasteiger partial charge in [-0.15, -0.1) is 0 Å². The van der Waals surface area contributed by atoms with Gasteiger partial charge in [0, 0.05) is 17.9 Å². The van der Waals surface area contributed by atoms with Crippen molar-refractivity contribution in [1.82, 2.24) is 10.2 Å². The minimum atomic E-state index is -3.60. The predicted molar refractivity (Wildman–Crippen MR) is 61.5 cm³/mol. The summed E-state index contributed by atoms with van der Waals surface area (Å²) >= 11 is 0. The molecule has 90 valence electrons. The van der Waals surface area contributed by atoms with Crippen LogP contribution in [0, 0.1) is 5.82 Å². The van der Waals surface area contributed by atoms with E-state index in [-0.39, 0.29) is 16.3 Å². The van der Waals surface area contributed by atoms with Crippen molar-refractivity contribution < 1.29 is 12.8 Å². The number of nitrogens with two attached hydrogens (primary N) is 1. The molecule has 1 heterocycles. The van der Waals surface area contributed by atoms with Crippen molar-refractivity contribution in [3.05, 3.63) is 30.1 Å². The maximum atomic E-state index is 14.0. The van der Waals surface area contributed by atoms with Gasteiger partial charge in [-0.2, -0.15) is 5.10 Å². The average Bonchev–Trinajstić information content (AvgIpc) is 2.63. The molecular weight excluding hydrogens is 245 g/mol. The minimum Gasteiger partial charge on any atom is -0.382 e. The summed E-state index contributed by atoms with van der Waals surface area (Å²) in [6, 6.07) is 5.57. The number of H-pyrrole nitrogens is 1. The van der Waals surface area contributed by atoms with Crippen molar-refractivity contribution in [2.24, 2.45) is 0 Å². The molecule has 0 unspecified atom stereocenters. The van der Waals surface area contributed by atoms with E-state index in [1.165, 1.54) is 24.3 Å². The predicted octanol–water partition coefficient (Wildman–Crippen LogP) is 1.20. The van der Waals surface area contributed by atoms with Gasteiger partial charge in [0.25, 0.3) is 0 Å². The van der Waals surface area contributed by atoms with Gasteiger partial charge < -0.3 is 5.73 Å². The molecule has 0 radical (unpaired) electrons. The SMILES string of the molecule is CS(=O)(=O)c1cccc(-c2cc(N)n[nH]2)c1F. The Morgan fingerprint density at radius 3 is 2.65 bits per heavy atom. The summed E-state index contributed by atoms with van der Waals surface area (Å²) < 4.78 is 36.7. The molecular formula is C10H10FN3O2S.